The summed E-state index contributed by atoms with van der Waals surface area (Å²) in [7, 11) is 0. The second kappa shape index (κ2) is 7.97. The smallest absolute Gasteiger partial charge is 0.221 e. The molecule has 3 aromatic rings. The minimum atomic E-state index is -0.0629. The predicted octanol–water partition coefficient (Wildman–Crippen LogP) is 5.48. The quantitative estimate of drug-likeness (QED) is 0.613. The Morgan fingerprint density at radius 2 is 1.68 bits per heavy atom. The monoisotopic (exact) mass is 416 g/mol. The molecule has 0 spiro atoms. The second-order valence-electron chi connectivity index (χ2n) is 9.89. The third-order valence-electron chi connectivity index (χ3n) is 5.65. The number of aryl methyl sites for hydroxylation is 2. The highest BCUT2D eigenvalue weighted by Gasteiger charge is 2.31. The average Bonchev–Trinajstić information content (AvgIpc) is 3.17. The van der Waals surface area contributed by atoms with Gasteiger partial charge in [-0.1, -0.05) is 51.1 Å². The van der Waals surface area contributed by atoms with Gasteiger partial charge in [-0.3, -0.25) is 9.69 Å². The number of amides is 1. The van der Waals surface area contributed by atoms with Crippen LogP contribution in [0.15, 0.2) is 42.5 Å². The Morgan fingerprint density at radius 3 is 2.26 bits per heavy atom. The molecule has 162 valence electrons. The first-order valence-corrected chi connectivity index (χ1v) is 10.9. The second-order valence-corrected chi connectivity index (χ2v) is 9.89. The molecule has 5 nitrogen and oxygen atoms in total. The SMILES string of the molecule is CC(=O)Nc1ccc(-c2c3c(nn2-c2c(C)cccc2C)CN(CC(C)(C)C)C3)cc1. The first-order chi connectivity index (χ1) is 14.6. The highest BCUT2D eigenvalue weighted by molar-refractivity contribution is 5.89. The van der Waals surface area contributed by atoms with Gasteiger partial charge in [-0.15, -0.1) is 0 Å². The van der Waals surface area contributed by atoms with Crippen molar-refractivity contribution < 1.29 is 4.79 Å². The summed E-state index contributed by atoms with van der Waals surface area (Å²) in [4.78, 5) is 13.9. The molecule has 2 heterocycles. The zero-order valence-electron chi connectivity index (χ0n) is 19.4. The van der Waals surface area contributed by atoms with Crippen LogP contribution < -0.4 is 5.32 Å². The Kier molecular flexibility index (Phi) is 5.48. The largest absolute Gasteiger partial charge is 0.326 e. The standard InChI is InChI=1S/C26H32N4O/c1-17-8-7-9-18(2)24(17)30-25(20-10-12-21(13-11-20)27-19(3)31)22-14-29(15-23(22)28-30)16-26(4,5)6/h7-13H,14-16H2,1-6H3,(H,27,31). The molecule has 0 saturated heterocycles. The zero-order chi connectivity index (χ0) is 22.3. The Morgan fingerprint density at radius 1 is 1.03 bits per heavy atom. The number of hydrogen-bond donors (Lipinski definition) is 1. The Bertz CT molecular complexity index is 1100. The van der Waals surface area contributed by atoms with Gasteiger partial charge in [0, 0.05) is 43.4 Å². The normalized spacial score (nSPS) is 14.0. The molecule has 0 atom stereocenters. The van der Waals surface area contributed by atoms with E-state index in [4.69, 9.17) is 5.10 Å². The van der Waals surface area contributed by atoms with E-state index in [0.29, 0.717) is 0 Å². The van der Waals surface area contributed by atoms with Gasteiger partial charge in [-0.2, -0.15) is 5.10 Å². The molecule has 0 radical (unpaired) electrons. The third-order valence-corrected chi connectivity index (χ3v) is 5.65. The van der Waals surface area contributed by atoms with E-state index in [2.05, 4.69) is 79.8 Å². The first kappa shape index (κ1) is 21.3. The van der Waals surface area contributed by atoms with Crippen molar-refractivity contribution in [1.82, 2.24) is 14.7 Å². The Balaban J connectivity index is 1.81. The summed E-state index contributed by atoms with van der Waals surface area (Å²) >= 11 is 0. The van der Waals surface area contributed by atoms with E-state index in [-0.39, 0.29) is 11.3 Å². The van der Waals surface area contributed by atoms with Gasteiger partial charge in [-0.05, 0) is 42.5 Å². The Labute approximate surface area is 185 Å². The number of rotatable bonds is 4. The summed E-state index contributed by atoms with van der Waals surface area (Å²) < 4.78 is 2.14. The van der Waals surface area contributed by atoms with Crippen molar-refractivity contribution in [2.45, 2.75) is 54.6 Å². The van der Waals surface area contributed by atoms with Gasteiger partial charge in [0.1, 0.15) is 0 Å². The lowest BCUT2D eigenvalue weighted by Gasteiger charge is -2.26. The molecule has 0 bridgehead atoms. The lowest BCUT2D eigenvalue weighted by molar-refractivity contribution is -0.114. The summed E-state index contributed by atoms with van der Waals surface area (Å²) in [5, 5.41) is 7.97. The number of benzene rings is 2. The third kappa shape index (κ3) is 4.42. The lowest BCUT2D eigenvalue weighted by Crippen LogP contribution is -2.28. The maximum absolute atomic E-state index is 11.4. The van der Waals surface area contributed by atoms with Crippen LogP contribution in [0, 0.1) is 19.3 Å². The summed E-state index contributed by atoms with van der Waals surface area (Å²) in [5.74, 6) is -0.0629. The molecule has 31 heavy (non-hydrogen) atoms. The van der Waals surface area contributed by atoms with Crippen LogP contribution in [0.5, 0.6) is 0 Å². The van der Waals surface area contributed by atoms with E-state index < -0.39 is 0 Å². The van der Waals surface area contributed by atoms with E-state index in [1.807, 2.05) is 12.1 Å². The molecule has 1 N–H and O–H groups in total. The van der Waals surface area contributed by atoms with Gasteiger partial charge in [0.15, 0.2) is 0 Å². The molecule has 1 aliphatic rings. The van der Waals surface area contributed by atoms with Gasteiger partial charge in [0.2, 0.25) is 5.91 Å². The van der Waals surface area contributed by atoms with E-state index in [9.17, 15) is 4.79 Å². The first-order valence-electron chi connectivity index (χ1n) is 10.9. The zero-order valence-corrected chi connectivity index (χ0v) is 19.4. The number of carbonyl (C=O) groups excluding carboxylic acids is 1. The number of hydrogen-bond acceptors (Lipinski definition) is 3. The molecular weight excluding hydrogens is 384 g/mol. The van der Waals surface area contributed by atoms with Crippen LogP contribution in [0.25, 0.3) is 16.9 Å². The van der Waals surface area contributed by atoms with Crippen molar-refractivity contribution in [2.75, 3.05) is 11.9 Å². The number of nitrogens with one attached hydrogen (secondary N) is 1. The van der Waals surface area contributed by atoms with Crippen LogP contribution in [-0.2, 0) is 17.9 Å². The summed E-state index contributed by atoms with van der Waals surface area (Å²) in [6, 6.07) is 14.5. The highest BCUT2D eigenvalue weighted by atomic mass is 16.1. The molecule has 2 aromatic carbocycles. The molecule has 1 aliphatic heterocycles. The van der Waals surface area contributed by atoms with Crippen molar-refractivity contribution >= 4 is 11.6 Å². The topological polar surface area (TPSA) is 50.2 Å². The number of aromatic nitrogens is 2. The predicted molar refractivity (Wildman–Crippen MR) is 126 cm³/mol. The van der Waals surface area contributed by atoms with Crippen molar-refractivity contribution in [3.8, 4) is 16.9 Å². The van der Waals surface area contributed by atoms with Crippen molar-refractivity contribution in [2.24, 2.45) is 5.41 Å². The lowest BCUT2D eigenvalue weighted by atomic mass is 9.96. The molecule has 1 aromatic heterocycles. The van der Waals surface area contributed by atoms with E-state index >= 15 is 0 Å². The van der Waals surface area contributed by atoms with Crippen LogP contribution in [0.1, 0.15) is 50.1 Å². The van der Waals surface area contributed by atoms with Crippen molar-refractivity contribution in [3.63, 3.8) is 0 Å². The van der Waals surface area contributed by atoms with Crippen LogP contribution in [0.4, 0.5) is 5.69 Å². The fourth-order valence-electron chi connectivity index (χ4n) is 4.58. The Hall–Kier alpha value is -2.92. The van der Waals surface area contributed by atoms with Crippen LogP contribution in [0.2, 0.25) is 0 Å². The molecular formula is C26H32N4O. The van der Waals surface area contributed by atoms with E-state index in [0.717, 1.165) is 48.0 Å². The molecule has 5 heteroatoms. The van der Waals surface area contributed by atoms with Crippen molar-refractivity contribution in [3.05, 3.63) is 64.8 Å². The van der Waals surface area contributed by atoms with Gasteiger partial charge in [0.25, 0.3) is 0 Å². The van der Waals surface area contributed by atoms with Gasteiger partial charge in [-0.25, -0.2) is 4.68 Å². The minimum Gasteiger partial charge on any atom is -0.326 e. The summed E-state index contributed by atoms with van der Waals surface area (Å²) in [6.45, 7) is 15.5. The number of carbonyl (C=O) groups is 1. The maximum atomic E-state index is 11.4. The van der Waals surface area contributed by atoms with Gasteiger partial charge in [0.05, 0.1) is 17.1 Å². The number of fused-ring (bicyclic) bond motifs is 1. The fourth-order valence-corrected chi connectivity index (χ4v) is 4.58. The fraction of sp³-hybridized carbons (Fsp3) is 0.385. The molecule has 0 fully saturated rings. The number of para-hydroxylation sites is 1. The molecule has 0 saturated carbocycles. The molecule has 4 rings (SSSR count). The minimum absolute atomic E-state index is 0.0629. The average molecular weight is 417 g/mol. The van der Waals surface area contributed by atoms with Gasteiger partial charge < -0.3 is 5.32 Å². The van der Waals surface area contributed by atoms with Crippen LogP contribution in [0.3, 0.4) is 0 Å². The van der Waals surface area contributed by atoms with E-state index in [1.54, 1.807) is 0 Å². The highest BCUT2D eigenvalue weighted by Crippen LogP contribution is 2.37. The maximum Gasteiger partial charge on any atom is 0.221 e. The summed E-state index contributed by atoms with van der Waals surface area (Å²) in [5.41, 5.74) is 9.35. The number of anilines is 1. The molecule has 1 amide bonds. The summed E-state index contributed by atoms with van der Waals surface area (Å²) in [6.07, 6.45) is 0. The van der Waals surface area contributed by atoms with E-state index in [1.165, 1.54) is 23.6 Å². The molecule has 0 unspecified atom stereocenters. The number of nitrogens with zero attached hydrogens (tertiary/aromatic N) is 3. The van der Waals surface area contributed by atoms with Crippen LogP contribution >= 0.6 is 0 Å². The van der Waals surface area contributed by atoms with Crippen molar-refractivity contribution in [1.29, 1.82) is 0 Å². The molecule has 0 aliphatic carbocycles. The van der Waals surface area contributed by atoms with Crippen LogP contribution in [-0.4, -0.2) is 27.1 Å². The van der Waals surface area contributed by atoms with Gasteiger partial charge >= 0.3 is 0 Å².